The van der Waals surface area contributed by atoms with E-state index in [1.54, 1.807) is 24.9 Å². The summed E-state index contributed by atoms with van der Waals surface area (Å²) in [7, 11) is 1.62. The summed E-state index contributed by atoms with van der Waals surface area (Å²) in [6.45, 7) is 0.455. The Morgan fingerprint density at radius 2 is 2.11 bits per heavy atom. The number of amides is 1. The molecule has 1 heterocycles. The number of carbonyl (C=O) groups is 1. The molecular formula is C20H18Cl2N2O2S2. The topological polar surface area (TPSA) is 51.2 Å². The smallest absolute Gasteiger partial charge is 0.226 e. The van der Waals surface area contributed by atoms with Crippen molar-refractivity contribution in [1.29, 1.82) is 0 Å². The fourth-order valence-corrected chi connectivity index (χ4v) is 4.83. The predicted octanol–water partition coefficient (Wildman–Crippen LogP) is 5.61. The molecule has 2 aromatic carbocycles. The van der Waals surface area contributed by atoms with Crippen molar-refractivity contribution < 1.29 is 9.53 Å². The summed E-state index contributed by atoms with van der Waals surface area (Å²) in [5.41, 5.74) is 2.75. The number of methoxy groups -OCH3 is 1. The van der Waals surface area contributed by atoms with Gasteiger partial charge in [-0.2, -0.15) is 0 Å². The zero-order valence-corrected chi connectivity index (χ0v) is 18.2. The van der Waals surface area contributed by atoms with E-state index in [1.807, 2.05) is 41.8 Å². The van der Waals surface area contributed by atoms with Gasteiger partial charge in [-0.3, -0.25) is 4.79 Å². The zero-order chi connectivity index (χ0) is 19.9. The van der Waals surface area contributed by atoms with Crippen molar-refractivity contribution in [1.82, 2.24) is 10.3 Å². The first kappa shape index (κ1) is 21.0. The number of ether oxygens (including phenoxy) is 1. The van der Waals surface area contributed by atoms with Crippen molar-refractivity contribution in [3.63, 3.8) is 0 Å². The molecule has 146 valence electrons. The number of benzene rings is 2. The van der Waals surface area contributed by atoms with Crippen LogP contribution in [0.15, 0.2) is 52.2 Å². The van der Waals surface area contributed by atoms with Gasteiger partial charge in [-0.15, -0.1) is 11.3 Å². The molecule has 3 rings (SSSR count). The van der Waals surface area contributed by atoms with Crippen LogP contribution in [0.3, 0.4) is 0 Å². The number of aromatic nitrogens is 1. The van der Waals surface area contributed by atoms with E-state index in [0.29, 0.717) is 22.3 Å². The van der Waals surface area contributed by atoms with Gasteiger partial charge in [-0.05, 0) is 35.4 Å². The van der Waals surface area contributed by atoms with Crippen molar-refractivity contribution in [3.8, 4) is 5.75 Å². The number of hydrogen-bond acceptors (Lipinski definition) is 5. The molecule has 0 atom stereocenters. The Bertz CT molecular complexity index is 963. The molecule has 1 N–H and O–H groups in total. The largest absolute Gasteiger partial charge is 0.497 e. The Morgan fingerprint density at radius 1 is 1.25 bits per heavy atom. The van der Waals surface area contributed by atoms with Gasteiger partial charge in [0.1, 0.15) is 10.1 Å². The normalized spacial score (nSPS) is 10.7. The van der Waals surface area contributed by atoms with Gasteiger partial charge in [-0.25, -0.2) is 4.98 Å². The van der Waals surface area contributed by atoms with E-state index in [-0.39, 0.29) is 12.3 Å². The molecule has 8 heteroatoms. The van der Waals surface area contributed by atoms with Gasteiger partial charge in [0.15, 0.2) is 0 Å². The van der Waals surface area contributed by atoms with Gasteiger partial charge < -0.3 is 10.1 Å². The highest BCUT2D eigenvalue weighted by atomic mass is 35.5. The van der Waals surface area contributed by atoms with Gasteiger partial charge in [0.2, 0.25) is 5.91 Å². The quantitative estimate of drug-likeness (QED) is 0.451. The van der Waals surface area contributed by atoms with Crippen molar-refractivity contribution in [3.05, 3.63) is 74.7 Å². The number of nitrogens with zero attached hydrogens (tertiary/aromatic N) is 1. The second-order valence-electron chi connectivity index (χ2n) is 5.93. The Balaban J connectivity index is 1.48. The van der Waals surface area contributed by atoms with E-state index in [4.69, 9.17) is 27.9 Å². The van der Waals surface area contributed by atoms with Gasteiger partial charge in [0, 0.05) is 27.7 Å². The third-order valence-corrected chi connectivity index (χ3v) is 6.57. The summed E-state index contributed by atoms with van der Waals surface area (Å²) in [6, 6.07) is 13.1. The van der Waals surface area contributed by atoms with Crippen LogP contribution >= 0.6 is 46.3 Å². The second-order valence-corrected chi connectivity index (χ2v) is 8.86. The molecule has 1 aromatic heterocycles. The first-order valence-corrected chi connectivity index (χ1v) is 11.1. The molecule has 0 fully saturated rings. The number of hydrogen-bond donors (Lipinski definition) is 1. The predicted molar refractivity (Wildman–Crippen MR) is 117 cm³/mol. The standard InChI is InChI=1S/C20H18Cl2N2O2S2/c1-26-17-4-2-3-13(7-17)10-23-19(25)9-16-12-28-20(24-16)27-11-14-5-6-15(21)8-18(14)22/h2-8,12H,9-11H2,1H3,(H,23,25). The van der Waals surface area contributed by atoms with Crippen LogP contribution in [-0.2, 0) is 23.5 Å². The van der Waals surface area contributed by atoms with E-state index in [2.05, 4.69) is 10.3 Å². The van der Waals surface area contributed by atoms with E-state index in [9.17, 15) is 4.79 Å². The molecule has 0 unspecified atom stereocenters. The maximum atomic E-state index is 12.2. The number of thioether (sulfide) groups is 1. The number of rotatable bonds is 8. The van der Waals surface area contributed by atoms with E-state index in [0.717, 1.165) is 26.9 Å². The lowest BCUT2D eigenvalue weighted by Gasteiger charge is -2.06. The van der Waals surface area contributed by atoms with Crippen LogP contribution in [0.5, 0.6) is 5.75 Å². The summed E-state index contributed by atoms with van der Waals surface area (Å²) in [6.07, 6.45) is 0.253. The van der Waals surface area contributed by atoms with Crippen LogP contribution in [0.25, 0.3) is 0 Å². The molecule has 28 heavy (non-hydrogen) atoms. The number of carbonyl (C=O) groups excluding carboxylic acids is 1. The fourth-order valence-electron chi connectivity index (χ4n) is 2.42. The molecule has 0 radical (unpaired) electrons. The summed E-state index contributed by atoms with van der Waals surface area (Å²) >= 11 is 15.2. The number of thiazole rings is 1. The molecule has 0 aliphatic carbocycles. The van der Waals surface area contributed by atoms with Gasteiger partial charge in [0.25, 0.3) is 0 Å². The highest BCUT2D eigenvalue weighted by Crippen LogP contribution is 2.30. The van der Waals surface area contributed by atoms with Gasteiger partial charge in [-0.1, -0.05) is 53.2 Å². The van der Waals surface area contributed by atoms with E-state index >= 15 is 0 Å². The monoisotopic (exact) mass is 452 g/mol. The Hall–Kier alpha value is -1.73. The molecule has 0 saturated carbocycles. The highest BCUT2D eigenvalue weighted by molar-refractivity contribution is 8.00. The van der Waals surface area contributed by atoms with Crippen LogP contribution in [0.2, 0.25) is 10.0 Å². The average Bonchev–Trinajstić information content (AvgIpc) is 3.13. The Labute approximate surface area is 182 Å². The molecule has 4 nitrogen and oxygen atoms in total. The molecular weight excluding hydrogens is 435 g/mol. The summed E-state index contributed by atoms with van der Waals surface area (Å²) in [5.74, 6) is 1.41. The zero-order valence-electron chi connectivity index (χ0n) is 15.1. The molecule has 0 spiro atoms. The maximum Gasteiger partial charge on any atom is 0.226 e. The SMILES string of the molecule is COc1cccc(CNC(=O)Cc2csc(SCc3ccc(Cl)cc3Cl)n2)c1. The van der Waals surface area contributed by atoms with Gasteiger partial charge >= 0.3 is 0 Å². The summed E-state index contributed by atoms with van der Waals surface area (Å²) < 4.78 is 6.09. The summed E-state index contributed by atoms with van der Waals surface area (Å²) in [4.78, 5) is 16.7. The molecule has 0 saturated heterocycles. The molecule has 1 amide bonds. The van der Waals surface area contributed by atoms with Crippen LogP contribution in [0.4, 0.5) is 0 Å². The minimum Gasteiger partial charge on any atom is -0.497 e. The Morgan fingerprint density at radius 3 is 2.89 bits per heavy atom. The van der Waals surface area contributed by atoms with E-state index in [1.165, 1.54) is 11.3 Å². The van der Waals surface area contributed by atoms with Crippen LogP contribution in [-0.4, -0.2) is 18.0 Å². The third kappa shape index (κ3) is 6.14. The van der Waals surface area contributed by atoms with Crippen molar-refractivity contribution in [2.24, 2.45) is 0 Å². The number of halogens is 2. The van der Waals surface area contributed by atoms with Crippen molar-refractivity contribution >= 4 is 52.2 Å². The van der Waals surface area contributed by atoms with Crippen LogP contribution in [0, 0.1) is 0 Å². The van der Waals surface area contributed by atoms with Gasteiger partial charge in [0.05, 0.1) is 19.2 Å². The number of nitrogens with one attached hydrogen (secondary N) is 1. The first-order chi connectivity index (χ1) is 13.5. The van der Waals surface area contributed by atoms with Crippen molar-refractivity contribution in [2.75, 3.05) is 7.11 Å². The second kappa shape index (κ2) is 10.2. The van der Waals surface area contributed by atoms with E-state index < -0.39 is 0 Å². The van der Waals surface area contributed by atoms with Crippen LogP contribution in [0.1, 0.15) is 16.8 Å². The van der Waals surface area contributed by atoms with Crippen LogP contribution < -0.4 is 10.1 Å². The summed E-state index contributed by atoms with van der Waals surface area (Å²) in [5, 5.41) is 6.09. The average molecular weight is 453 g/mol. The molecule has 0 aliphatic heterocycles. The lowest BCUT2D eigenvalue weighted by molar-refractivity contribution is -0.120. The molecule has 0 aliphatic rings. The lowest BCUT2D eigenvalue weighted by Crippen LogP contribution is -2.24. The third-order valence-electron chi connectivity index (χ3n) is 3.86. The Kier molecular flexibility index (Phi) is 7.62. The minimum absolute atomic E-state index is 0.0644. The van der Waals surface area contributed by atoms with Crippen molar-refractivity contribution in [2.45, 2.75) is 23.1 Å². The molecule has 3 aromatic rings. The highest BCUT2D eigenvalue weighted by Gasteiger charge is 2.10. The fraction of sp³-hybridized carbons (Fsp3) is 0.200. The molecule has 0 bridgehead atoms. The first-order valence-electron chi connectivity index (χ1n) is 8.44. The maximum absolute atomic E-state index is 12.2. The minimum atomic E-state index is -0.0644. The lowest BCUT2D eigenvalue weighted by atomic mass is 10.2.